The largest absolute Gasteiger partial charge is 0.397 e. The van der Waals surface area contributed by atoms with Gasteiger partial charge < -0.3 is 10.6 Å². The van der Waals surface area contributed by atoms with E-state index < -0.39 is 0 Å². The molecule has 1 aromatic heterocycles. The molecule has 2 heterocycles. The van der Waals surface area contributed by atoms with Crippen molar-refractivity contribution in [2.24, 2.45) is 5.92 Å². The highest BCUT2D eigenvalue weighted by molar-refractivity contribution is 5.85. The van der Waals surface area contributed by atoms with Crippen LogP contribution in [0.4, 0.5) is 5.69 Å². The topological polar surface area (TPSA) is 62.5 Å². The van der Waals surface area contributed by atoms with Gasteiger partial charge in [0.1, 0.15) is 0 Å². The van der Waals surface area contributed by atoms with Crippen LogP contribution in [0.2, 0.25) is 0 Å². The second kappa shape index (κ2) is 8.56. The van der Waals surface area contributed by atoms with Gasteiger partial charge >= 0.3 is 0 Å². The third kappa shape index (κ3) is 5.30. The highest BCUT2D eigenvalue weighted by Gasteiger charge is 2.27. The van der Waals surface area contributed by atoms with E-state index in [4.69, 9.17) is 5.73 Å². The third-order valence-corrected chi connectivity index (χ3v) is 4.12. The molecule has 1 amide bonds. The summed E-state index contributed by atoms with van der Waals surface area (Å²) >= 11 is 0. The molecule has 7 heteroatoms. The average Bonchev–Trinajstić information content (AvgIpc) is 3.26. The molecular formula is C15H24Cl2N4O. The maximum absolute atomic E-state index is 12.2. The molecule has 1 aliphatic carbocycles. The monoisotopic (exact) mass is 346 g/mol. The number of amides is 1. The minimum Gasteiger partial charge on any atom is -0.397 e. The number of nitrogens with zero attached hydrogens (tertiary/aromatic N) is 3. The summed E-state index contributed by atoms with van der Waals surface area (Å²) in [6.45, 7) is 4.94. The summed E-state index contributed by atoms with van der Waals surface area (Å²) in [5, 5.41) is 0. The van der Waals surface area contributed by atoms with E-state index in [0.29, 0.717) is 12.1 Å². The smallest absolute Gasteiger partial charge is 0.228 e. The van der Waals surface area contributed by atoms with E-state index >= 15 is 0 Å². The molecule has 0 bridgehead atoms. The molecule has 2 N–H and O–H groups in total. The zero-order valence-electron chi connectivity index (χ0n) is 12.6. The average molecular weight is 347 g/mol. The van der Waals surface area contributed by atoms with E-state index in [9.17, 15) is 4.79 Å². The maximum atomic E-state index is 12.2. The first-order chi connectivity index (χ1) is 9.70. The van der Waals surface area contributed by atoms with Crippen LogP contribution in [0.3, 0.4) is 0 Å². The number of hydrogen-bond donors (Lipinski definition) is 1. The summed E-state index contributed by atoms with van der Waals surface area (Å²) in [6.07, 6.45) is 4.77. The lowest BCUT2D eigenvalue weighted by molar-refractivity contribution is -0.132. The van der Waals surface area contributed by atoms with Crippen LogP contribution < -0.4 is 5.73 Å². The molecule has 0 radical (unpaired) electrons. The van der Waals surface area contributed by atoms with E-state index in [1.807, 2.05) is 11.0 Å². The molecule has 124 valence electrons. The van der Waals surface area contributed by atoms with Gasteiger partial charge in [0, 0.05) is 38.4 Å². The Hall–Kier alpha value is -1.04. The molecule has 0 spiro atoms. The zero-order valence-corrected chi connectivity index (χ0v) is 14.2. The quantitative estimate of drug-likeness (QED) is 0.899. The molecule has 5 nitrogen and oxygen atoms in total. The van der Waals surface area contributed by atoms with Gasteiger partial charge in [0.2, 0.25) is 5.91 Å². The van der Waals surface area contributed by atoms with Gasteiger partial charge in [-0.1, -0.05) is 0 Å². The molecule has 2 fully saturated rings. The fraction of sp³-hybridized carbons (Fsp3) is 0.600. The van der Waals surface area contributed by atoms with Gasteiger partial charge in [-0.05, 0) is 30.9 Å². The molecule has 1 saturated heterocycles. The van der Waals surface area contributed by atoms with Crippen molar-refractivity contribution in [3.8, 4) is 0 Å². The van der Waals surface area contributed by atoms with Crippen LogP contribution in [-0.2, 0) is 11.2 Å². The number of pyridine rings is 1. The molecule has 22 heavy (non-hydrogen) atoms. The molecule has 1 saturated carbocycles. The Morgan fingerprint density at radius 1 is 1.18 bits per heavy atom. The second-order valence-electron chi connectivity index (χ2n) is 5.88. The Bertz CT molecular complexity index is 471. The zero-order chi connectivity index (χ0) is 13.9. The Labute approximate surface area is 144 Å². The fourth-order valence-corrected chi connectivity index (χ4v) is 2.65. The number of halogens is 2. The Morgan fingerprint density at radius 2 is 1.86 bits per heavy atom. The van der Waals surface area contributed by atoms with Crippen LogP contribution in [0.1, 0.15) is 18.5 Å². The van der Waals surface area contributed by atoms with Gasteiger partial charge in [0.15, 0.2) is 0 Å². The summed E-state index contributed by atoms with van der Waals surface area (Å²) < 4.78 is 0. The van der Waals surface area contributed by atoms with E-state index in [0.717, 1.165) is 37.8 Å². The van der Waals surface area contributed by atoms with E-state index in [-0.39, 0.29) is 30.7 Å². The van der Waals surface area contributed by atoms with Gasteiger partial charge in [-0.25, -0.2) is 0 Å². The predicted octanol–water partition coefficient (Wildman–Crippen LogP) is 1.60. The maximum Gasteiger partial charge on any atom is 0.228 e. The third-order valence-electron chi connectivity index (χ3n) is 4.12. The summed E-state index contributed by atoms with van der Waals surface area (Å²) in [5.74, 6) is 1.10. The lowest BCUT2D eigenvalue weighted by atomic mass is 10.2. The van der Waals surface area contributed by atoms with Crippen LogP contribution in [-0.4, -0.2) is 53.4 Å². The fourth-order valence-electron chi connectivity index (χ4n) is 2.65. The number of rotatable bonds is 4. The molecule has 3 rings (SSSR count). The second-order valence-corrected chi connectivity index (χ2v) is 5.88. The SMILES string of the molecule is Cl.Cl.Nc1ccc(CC(=O)N2CCN(CC3CC3)CC2)nc1. The van der Waals surface area contributed by atoms with Crippen LogP contribution in [0.15, 0.2) is 18.3 Å². The van der Waals surface area contributed by atoms with Gasteiger partial charge in [-0.2, -0.15) is 0 Å². The Kier molecular flexibility index (Phi) is 7.39. The number of nitrogen functional groups attached to an aromatic ring is 1. The number of piperazine rings is 1. The van der Waals surface area contributed by atoms with Crippen molar-refractivity contribution in [1.82, 2.24) is 14.8 Å². The van der Waals surface area contributed by atoms with E-state index in [2.05, 4.69) is 9.88 Å². The lowest BCUT2D eigenvalue weighted by Crippen LogP contribution is -2.49. The van der Waals surface area contributed by atoms with Crippen molar-refractivity contribution in [3.63, 3.8) is 0 Å². The van der Waals surface area contributed by atoms with Crippen LogP contribution in [0, 0.1) is 5.92 Å². The highest BCUT2D eigenvalue weighted by atomic mass is 35.5. The van der Waals surface area contributed by atoms with Crippen molar-refractivity contribution in [3.05, 3.63) is 24.0 Å². The lowest BCUT2D eigenvalue weighted by Gasteiger charge is -2.34. The highest BCUT2D eigenvalue weighted by Crippen LogP contribution is 2.29. The number of anilines is 1. The minimum atomic E-state index is 0. The number of hydrogen-bond acceptors (Lipinski definition) is 4. The summed E-state index contributed by atoms with van der Waals surface area (Å²) in [4.78, 5) is 20.9. The molecule has 0 aromatic carbocycles. The Morgan fingerprint density at radius 3 is 2.41 bits per heavy atom. The molecule has 2 aliphatic rings. The van der Waals surface area contributed by atoms with Crippen molar-refractivity contribution in [1.29, 1.82) is 0 Å². The van der Waals surface area contributed by atoms with Gasteiger partial charge in [-0.3, -0.25) is 14.7 Å². The van der Waals surface area contributed by atoms with Crippen molar-refractivity contribution in [2.75, 3.05) is 38.5 Å². The van der Waals surface area contributed by atoms with Gasteiger partial charge in [0.05, 0.1) is 18.3 Å². The van der Waals surface area contributed by atoms with Gasteiger partial charge in [0.25, 0.3) is 0 Å². The van der Waals surface area contributed by atoms with Crippen LogP contribution in [0.25, 0.3) is 0 Å². The first-order valence-corrected chi connectivity index (χ1v) is 7.41. The van der Waals surface area contributed by atoms with Crippen LogP contribution in [0.5, 0.6) is 0 Å². The first kappa shape index (κ1) is 19.0. The van der Waals surface area contributed by atoms with Crippen molar-refractivity contribution >= 4 is 36.4 Å². The Balaban J connectivity index is 0.00000121. The summed E-state index contributed by atoms with van der Waals surface area (Å²) in [6, 6.07) is 3.62. The number of aromatic nitrogens is 1. The van der Waals surface area contributed by atoms with Crippen LogP contribution >= 0.6 is 24.8 Å². The summed E-state index contributed by atoms with van der Waals surface area (Å²) in [5.41, 5.74) is 7.03. The molecule has 0 unspecified atom stereocenters. The van der Waals surface area contributed by atoms with Crippen molar-refractivity contribution in [2.45, 2.75) is 19.3 Å². The molecule has 0 atom stereocenters. The van der Waals surface area contributed by atoms with E-state index in [1.165, 1.54) is 19.4 Å². The van der Waals surface area contributed by atoms with E-state index in [1.54, 1.807) is 12.3 Å². The molecule has 1 aromatic rings. The predicted molar refractivity (Wildman–Crippen MR) is 92.6 cm³/mol. The minimum absolute atomic E-state index is 0. The summed E-state index contributed by atoms with van der Waals surface area (Å²) in [7, 11) is 0. The standard InChI is InChI=1S/C15H22N4O.2ClH/c16-13-3-4-14(17-10-13)9-15(20)19-7-5-18(6-8-19)11-12-1-2-12;;/h3-4,10,12H,1-2,5-9,11,16H2;2*1H. The number of carbonyl (C=O) groups excluding carboxylic acids is 1. The number of carbonyl (C=O) groups is 1. The van der Waals surface area contributed by atoms with Gasteiger partial charge in [-0.15, -0.1) is 24.8 Å². The normalized spacial score (nSPS) is 18.3. The molecule has 1 aliphatic heterocycles. The number of nitrogens with two attached hydrogens (primary N) is 1. The van der Waals surface area contributed by atoms with Crippen molar-refractivity contribution < 1.29 is 4.79 Å². The first-order valence-electron chi connectivity index (χ1n) is 7.41. The molecular weight excluding hydrogens is 323 g/mol.